The van der Waals surface area contributed by atoms with E-state index < -0.39 is 7.32 Å². The summed E-state index contributed by atoms with van der Waals surface area (Å²) in [5.41, 5.74) is 0. The van der Waals surface area contributed by atoms with Gasteiger partial charge in [0.25, 0.3) is 0 Å². The van der Waals surface area contributed by atoms with Gasteiger partial charge in [0, 0.05) is 19.6 Å². The zero-order chi connectivity index (χ0) is 12.5. The quantitative estimate of drug-likeness (QED) is 0.520. The first-order valence-corrected chi connectivity index (χ1v) is 5.55. The lowest BCUT2D eigenvalue weighted by atomic mass is 10.2. The largest absolute Gasteiger partial charge is 0.707 e. The van der Waals surface area contributed by atoms with E-state index in [4.69, 9.17) is 19.5 Å². The maximum atomic E-state index is 8.59. The van der Waals surface area contributed by atoms with Crippen molar-refractivity contribution in [3.63, 3.8) is 0 Å². The SMILES string of the molecule is CCOCCCOc1ccc(OB(O)O)cc1. The molecule has 0 amide bonds. The minimum absolute atomic E-state index is 0.377. The Labute approximate surface area is 101 Å². The van der Waals surface area contributed by atoms with E-state index in [9.17, 15) is 0 Å². The second-order valence-corrected chi connectivity index (χ2v) is 3.31. The molecule has 5 nitrogen and oxygen atoms in total. The molecule has 0 aliphatic rings. The Kier molecular flexibility index (Phi) is 6.46. The average Bonchev–Trinajstić information content (AvgIpc) is 2.30. The van der Waals surface area contributed by atoms with Crippen LogP contribution in [0.5, 0.6) is 11.5 Å². The molecule has 0 aliphatic heterocycles. The van der Waals surface area contributed by atoms with Crippen LogP contribution in [0.25, 0.3) is 0 Å². The highest BCUT2D eigenvalue weighted by molar-refractivity contribution is 6.33. The molecule has 0 aromatic heterocycles. The van der Waals surface area contributed by atoms with Gasteiger partial charge in [-0.25, -0.2) is 0 Å². The van der Waals surface area contributed by atoms with Crippen LogP contribution in [-0.4, -0.2) is 37.2 Å². The number of ether oxygens (including phenoxy) is 2. The Balaban J connectivity index is 2.25. The van der Waals surface area contributed by atoms with Gasteiger partial charge in [0.1, 0.15) is 11.5 Å². The van der Waals surface area contributed by atoms with Gasteiger partial charge in [0.2, 0.25) is 0 Å². The molecular weight excluding hydrogens is 223 g/mol. The van der Waals surface area contributed by atoms with E-state index in [-0.39, 0.29) is 0 Å². The highest BCUT2D eigenvalue weighted by Gasteiger charge is 2.10. The van der Waals surface area contributed by atoms with Crippen molar-refractivity contribution in [2.24, 2.45) is 0 Å². The van der Waals surface area contributed by atoms with E-state index >= 15 is 0 Å². The van der Waals surface area contributed by atoms with Crippen molar-refractivity contribution in [2.45, 2.75) is 13.3 Å². The fourth-order valence-corrected chi connectivity index (χ4v) is 1.23. The number of benzene rings is 1. The zero-order valence-electron chi connectivity index (χ0n) is 9.83. The van der Waals surface area contributed by atoms with Crippen LogP contribution in [0.1, 0.15) is 13.3 Å². The topological polar surface area (TPSA) is 68.2 Å². The molecule has 6 heteroatoms. The molecule has 0 unspecified atom stereocenters. The second kappa shape index (κ2) is 7.94. The van der Waals surface area contributed by atoms with E-state index in [1.54, 1.807) is 24.3 Å². The lowest BCUT2D eigenvalue weighted by molar-refractivity contribution is 0.131. The molecule has 0 aliphatic carbocycles. The van der Waals surface area contributed by atoms with Crippen LogP contribution >= 0.6 is 0 Å². The van der Waals surface area contributed by atoms with E-state index in [0.717, 1.165) is 13.0 Å². The molecule has 0 spiro atoms. The fraction of sp³-hybridized carbons (Fsp3) is 0.455. The summed E-state index contributed by atoms with van der Waals surface area (Å²) in [5, 5.41) is 17.2. The van der Waals surface area contributed by atoms with Crippen LogP contribution in [0.2, 0.25) is 0 Å². The van der Waals surface area contributed by atoms with Crippen LogP contribution < -0.4 is 9.39 Å². The Bertz CT molecular complexity index is 301. The van der Waals surface area contributed by atoms with E-state index in [1.807, 2.05) is 6.92 Å². The van der Waals surface area contributed by atoms with Gasteiger partial charge in [-0.1, -0.05) is 0 Å². The second-order valence-electron chi connectivity index (χ2n) is 3.31. The first-order chi connectivity index (χ1) is 8.22. The van der Waals surface area contributed by atoms with Gasteiger partial charge < -0.3 is 24.2 Å². The van der Waals surface area contributed by atoms with E-state index in [0.29, 0.717) is 24.7 Å². The minimum atomic E-state index is -1.80. The highest BCUT2D eigenvalue weighted by Crippen LogP contribution is 2.17. The maximum Gasteiger partial charge on any atom is 0.707 e. The molecule has 0 fully saturated rings. The third kappa shape index (κ3) is 6.16. The van der Waals surface area contributed by atoms with Gasteiger partial charge >= 0.3 is 7.32 Å². The Morgan fingerprint density at radius 2 is 1.71 bits per heavy atom. The van der Waals surface area contributed by atoms with Gasteiger partial charge in [-0.3, -0.25) is 0 Å². The molecule has 0 atom stereocenters. The van der Waals surface area contributed by atoms with E-state index in [1.165, 1.54) is 0 Å². The van der Waals surface area contributed by atoms with Crippen molar-refractivity contribution in [2.75, 3.05) is 19.8 Å². The number of hydrogen-bond donors (Lipinski definition) is 2. The third-order valence-electron chi connectivity index (χ3n) is 1.97. The van der Waals surface area contributed by atoms with Crippen molar-refractivity contribution >= 4 is 7.32 Å². The van der Waals surface area contributed by atoms with Gasteiger partial charge in [0.15, 0.2) is 0 Å². The highest BCUT2D eigenvalue weighted by atomic mass is 16.6. The van der Waals surface area contributed by atoms with Crippen LogP contribution in [0, 0.1) is 0 Å². The van der Waals surface area contributed by atoms with Crippen molar-refractivity contribution in [3.05, 3.63) is 24.3 Å². The minimum Gasteiger partial charge on any atom is -0.512 e. The summed E-state index contributed by atoms with van der Waals surface area (Å²) in [6, 6.07) is 6.63. The standard InChI is InChI=1S/C11H17BO5/c1-2-15-8-3-9-16-10-4-6-11(7-5-10)17-12(13)14/h4-7,13-14H,2-3,8-9H2,1H3. The average molecular weight is 240 g/mol. The normalized spacial score (nSPS) is 10.1. The summed E-state index contributed by atoms with van der Waals surface area (Å²) < 4.78 is 15.3. The van der Waals surface area contributed by atoms with Crippen LogP contribution in [0.15, 0.2) is 24.3 Å². The Morgan fingerprint density at radius 3 is 2.29 bits per heavy atom. The Hall–Kier alpha value is -1.24. The van der Waals surface area contributed by atoms with E-state index in [2.05, 4.69) is 4.65 Å². The molecule has 0 bridgehead atoms. The summed E-state index contributed by atoms with van der Waals surface area (Å²) in [5.74, 6) is 1.09. The first-order valence-electron chi connectivity index (χ1n) is 5.55. The summed E-state index contributed by atoms with van der Waals surface area (Å²) in [6.45, 7) is 3.95. The van der Waals surface area contributed by atoms with Crippen molar-refractivity contribution in [3.8, 4) is 11.5 Å². The molecule has 0 radical (unpaired) electrons. The van der Waals surface area contributed by atoms with Gasteiger partial charge in [-0.15, -0.1) is 0 Å². The van der Waals surface area contributed by atoms with Crippen LogP contribution in [0.3, 0.4) is 0 Å². The number of hydrogen-bond acceptors (Lipinski definition) is 5. The molecule has 0 heterocycles. The van der Waals surface area contributed by atoms with Gasteiger partial charge in [0.05, 0.1) is 6.61 Å². The summed E-state index contributed by atoms with van der Waals surface area (Å²) in [7, 11) is -1.80. The lowest BCUT2D eigenvalue weighted by Gasteiger charge is -2.08. The third-order valence-corrected chi connectivity index (χ3v) is 1.97. The van der Waals surface area contributed by atoms with Gasteiger partial charge in [-0.05, 0) is 31.2 Å². The molecule has 1 aromatic carbocycles. The molecule has 0 saturated heterocycles. The molecule has 2 N–H and O–H groups in total. The lowest BCUT2D eigenvalue weighted by Crippen LogP contribution is -2.20. The van der Waals surface area contributed by atoms with Gasteiger partial charge in [-0.2, -0.15) is 0 Å². The van der Waals surface area contributed by atoms with Crippen molar-refractivity contribution < 1.29 is 24.2 Å². The molecule has 0 saturated carbocycles. The van der Waals surface area contributed by atoms with Crippen molar-refractivity contribution in [1.29, 1.82) is 0 Å². The first kappa shape index (κ1) is 13.8. The monoisotopic (exact) mass is 240 g/mol. The molecule has 17 heavy (non-hydrogen) atoms. The maximum absolute atomic E-state index is 8.59. The number of rotatable bonds is 8. The predicted molar refractivity (Wildman–Crippen MR) is 63.9 cm³/mol. The molecular formula is C11H17BO5. The van der Waals surface area contributed by atoms with Crippen LogP contribution in [-0.2, 0) is 4.74 Å². The summed E-state index contributed by atoms with van der Waals surface area (Å²) >= 11 is 0. The summed E-state index contributed by atoms with van der Waals surface area (Å²) in [4.78, 5) is 0. The molecule has 94 valence electrons. The summed E-state index contributed by atoms with van der Waals surface area (Å²) in [6.07, 6.45) is 0.835. The molecule has 1 rings (SSSR count). The fourth-order valence-electron chi connectivity index (χ4n) is 1.23. The van der Waals surface area contributed by atoms with Crippen molar-refractivity contribution in [1.82, 2.24) is 0 Å². The Morgan fingerprint density at radius 1 is 1.06 bits per heavy atom. The smallest absolute Gasteiger partial charge is 0.512 e. The zero-order valence-corrected chi connectivity index (χ0v) is 9.83. The van der Waals surface area contributed by atoms with Crippen LogP contribution in [0.4, 0.5) is 0 Å². The predicted octanol–water partition coefficient (Wildman–Crippen LogP) is 0.840. The molecule has 1 aromatic rings.